The molecule has 1 heterocycles. The number of nitrogens with one attached hydrogen (secondary N) is 1. The van der Waals surface area contributed by atoms with Gasteiger partial charge in [-0.05, 0) is 74.1 Å². The van der Waals surface area contributed by atoms with Crippen LogP contribution in [0, 0.1) is 12.7 Å². The maximum absolute atomic E-state index is 15.5. The van der Waals surface area contributed by atoms with Crippen molar-refractivity contribution in [2.45, 2.75) is 38.8 Å². The Morgan fingerprint density at radius 3 is 2.76 bits per heavy atom. The topological polar surface area (TPSA) is 64.1 Å². The van der Waals surface area contributed by atoms with E-state index < -0.39 is 17.4 Å². The van der Waals surface area contributed by atoms with Crippen LogP contribution in [0.25, 0.3) is 0 Å². The van der Waals surface area contributed by atoms with Gasteiger partial charge in [0.05, 0.1) is 17.3 Å². The van der Waals surface area contributed by atoms with Gasteiger partial charge in [0.15, 0.2) is 17.2 Å². The molecular weight excluding hydrogens is 471 g/mol. The molecule has 4 rings (SSSR count). The molecule has 1 aliphatic rings. The van der Waals surface area contributed by atoms with Crippen LogP contribution < -0.4 is 10.1 Å². The van der Waals surface area contributed by atoms with Crippen LogP contribution in [-0.2, 0) is 18.5 Å². The highest BCUT2D eigenvalue weighted by Gasteiger charge is 2.32. The van der Waals surface area contributed by atoms with E-state index in [9.17, 15) is 9.18 Å². The molecule has 0 radical (unpaired) electrons. The number of rotatable bonds is 6. The highest BCUT2D eigenvalue weighted by molar-refractivity contribution is 6.31. The van der Waals surface area contributed by atoms with Crippen molar-refractivity contribution in [2.24, 2.45) is 0 Å². The van der Waals surface area contributed by atoms with Gasteiger partial charge in [-0.2, -0.15) is 5.10 Å². The lowest BCUT2D eigenvalue weighted by atomic mass is 9.93. The Hall–Kier alpha value is -2.77. The lowest BCUT2D eigenvalue weighted by Crippen LogP contribution is -2.37. The summed E-state index contributed by atoms with van der Waals surface area (Å²) in [6, 6.07) is 9.15. The van der Waals surface area contributed by atoms with Gasteiger partial charge in [-0.3, -0.25) is 4.79 Å². The molecule has 5 nitrogen and oxygen atoms in total. The van der Waals surface area contributed by atoms with Crippen LogP contribution in [0.1, 0.15) is 46.1 Å². The first-order valence-electron chi connectivity index (χ1n) is 10.4. The molecule has 1 aliphatic carbocycles. The van der Waals surface area contributed by atoms with Crippen LogP contribution in [0.2, 0.25) is 10.0 Å². The molecule has 1 unspecified atom stereocenters. The van der Waals surface area contributed by atoms with Crippen molar-refractivity contribution < 1.29 is 18.3 Å². The number of carbonyl (C=O) groups excluding carboxylic acids is 1. The molecule has 33 heavy (non-hydrogen) atoms. The Balaban J connectivity index is 1.63. The zero-order chi connectivity index (χ0) is 23.8. The Bertz CT molecular complexity index is 1230. The molecule has 0 saturated heterocycles. The number of benzene rings is 2. The zero-order valence-corrected chi connectivity index (χ0v) is 19.5. The van der Waals surface area contributed by atoms with E-state index in [2.05, 4.69) is 15.5 Å². The normalized spacial score (nSPS) is 14.5. The molecule has 3 aromatic rings. The number of nitrogens with zero attached hydrogens (tertiary/aromatic N) is 2. The Morgan fingerprint density at radius 1 is 1.21 bits per heavy atom. The number of ether oxygens (including phenoxy) is 1. The average Bonchev–Trinajstić information content (AvgIpc) is 3.23. The first-order chi connectivity index (χ1) is 15.7. The number of halogens is 4. The van der Waals surface area contributed by atoms with Gasteiger partial charge in [-0.1, -0.05) is 35.3 Å². The third-order valence-corrected chi connectivity index (χ3v) is 6.17. The van der Waals surface area contributed by atoms with Gasteiger partial charge in [0.2, 0.25) is 0 Å². The van der Waals surface area contributed by atoms with Gasteiger partial charge in [-0.25, -0.2) is 8.78 Å². The van der Waals surface area contributed by atoms with E-state index in [4.69, 9.17) is 27.9 Å². The fraction of sp³-hybridized carbons (Fsp3) is 0.292. The van der Waals surface area contributed by atoms with E-state index in [1.165, 1.54) is 25.1 Å². The number of hydrogen-bond acceptors (Lipinski definition) is 4. The predicted octanol–water partition coefficient (Wildman–Crippen LogP) is 6.13. The number of aryl methyl sites for hydroxylation is 2. The van der Waals surface area contributed by atoms with Crippen molar-refractivity contribution in [3.8, 4) is 11.6 Å². The highest BCUT2D eigenvalue weighted by atomic mass is 35.5. The quantitative estimate of drug-likeness (QED) is 0.450. The van der Waals surface area contributed by atoms with Crippen molar-refractivity contribution >= 4 is 29.1 Å². The second kappa shape index (κ2) is 9.23. The van der Waals surface area contributed by atoms with Gasteiger partial charge in [0.1, 0.15) is 5.56 Å². The minimum atomic E-state index is -1.85. The van der Waals surface area contributed by atoms with Gasteiger partial charge in [-0.15, -0.1) is 5.10 Å². The van der Waals surface area contributed by atoms with E-state index >= 15 is 4.39 Å². The summed E-state index contributed by atoms with van der Waals surface area (Å²) >= 11 is 11.8. The lowest BCUT2D eigenvalue weighted by molar-refractivity contribution is 0.0905. The van der Waals surface area contributed by atoms with E-state index in [1.54, 1.807) is 25.1 Å². The minimum Gasteiger partial charge on any atom is -0.434 e. The maximum Gasteiger partial charge on any atom is 0.257 e. The summed E-state index contributed by atoms with van der Waals surface area (Å²) in [6.45, 7) is 2.85. The van der Waals surface area contributed by atoms with Crippen LogP contribution in [0.5, 0.6) is 11.6 Å². The number of aromatic nitrogens is 2. The summed E-state index contributed by atoms with van der Waals surface area (Å²) in [4.78, 5) is 13.2. The van der Waals surface area contributed by atoms with Crippen molar-refractivity contribution in [1.82, 2.24) is 15.5 Å². The SMILES string of the molecule is Cc1cc(Cl)ccc1C(C)(F)CNC(=O)c1c(Oc2cccc(Cl)c2F)nnc2c1CCC2. The van der Waals surface area contributed by atoms with Crippen LogP contribution >= 0.6 is 23.2 Å². The van der Waals surface area contributed by atoms with Crippen molar-refractivity contribution in [3.05, 3.63) is 80.2 Å². The number of hydrogen-bond donors (Lipinski definition) is 1. The van der Waals surface area contributed by atoms with E-state index in [0.29, 0.717) is 40.2 Å². The van der Waals surface area contributed by atoms with Gasteiger partial charge < -0.3 is 10.1 Å². The minimum absolute atomic E-state index is 0.125. The second-order valence-electron chi connectivity index (χ2n) is 8.15. The summed E-state index contributed by atoms with van der Waals surface area (Å²) in [6.07, 6.45) is 2.05. The van der Waals surface area contributed by atoms with Gasteiger partial charge in [0, 0.05) is 5.02 Å². The molecule has 172 valence electrons. The molecule has 1 aromatic heterocycles. The maximum atomic E-state index is 15.5. The monoisotopic (exact) mass is 491 g/mol. The summed E-state index contributed by atoms with van der Waals surface area (Å²) in [5.41, 5.74) is 0.712. The molecule has 0 aliphatic heterocycles. The molecule has 0 fully saturated rings. The third-order valence-electron chi connectivity index (χ3n) is 5.65. The number of fused-ring (bicyclic) bond motifs is 1. The number of alkyl halides is 1. The van der Waals surface area contributed by atoms with Crippen LogP contribution in [0.15, 0.2) is 36.4 Å². The molecule has 1 amide bonds. The standard InChI is InChI=1S/C24H21Cl2F2N3O2/c1-13-11-14(25)9-10-16(13)24(2,28)12-29-22(32)20-15-5-3-7-18(15)30-31-23(20)33-19-8-4-6-17(26)21(19)27/h4,6,8-11H,3,5,7,12H2,1-2H3,(H,29,32). The average molecular weight is 492 g/mol. The highest BCUT2D eigenvalue weighted by Crippen LogP contribution is 2.34. The Morgan fingerprint density at radius 2 is 2.00 bits per heavy atom. The van der Waals surface area contributed by atoms with Crippen LogP contribution in [0.3, 0.4) is 0 Å². The Kier molecular flexibility index (Phi) is 6.54. The zero-order valence-electron chi connectivity index (χ0n) is 18.0. The molecular formula is C24H21Cl2F2N3O2. The number of amides is 1. The fourth-order valence-electron chi connectivity index (χ4n) is 4.01. The predicted molar refractivity (Wildman–Crippen MR) is 123 cm³/mol. The van der Waals surface area contributed by atoms with Crippen molar-refractivity contribution in [2.75, 3.05) is 6.54 Å². The van der Waals surface area contributed by atoms with Gasteiger partial charge in [0.25, 0.3) is 11.8 Å². The summed E-state index contributed by atoms with van der Waals surface area (Å²) in [7, 11) is 0. The van der Waals surface area contributed by atoms with E-state index in [-0.39, 0.29) is 28.8 Å². The van der Waals surface area contributed by atoms with E-state index in [0.717, 1.165) is 6.42 Å². The largest absolute Gasteiger partial charge is 0.434 e. The lowest BCUT2D eigenvalue weighted by Gasteiger charge is -2.24. The van der Waals surface area contributed by atoms with Crippen LogP contribution in [-0.4, -0.2) is 22.6 Å². The number of carbonyl (C=O) groups is 1. The summed E-state index contributed by atoms with van der Waals surface area (Å²) in [5, 5.41) is 11.2. The molecule has 0 bridgehead atoms. The summed E-state index contributed by atoms with van der Waals surface area (Å²) in [5.74, 6) is -1.69. The van der Waals surface area contributed by atoms with Crippen molar-refractivity contribution in [3.63, 3.8) is 0 Å². The molecule has 1 N–H and O–H groups in total. The third kappa shape index (κ3) is 4.80. The molecule has 2 aromatic carbocycles. The fourth-order valence-corrected chi connectivity index (χ4v) is 4.40. The smallest absolute Gasteiger partial charge is 0.257 e. The van der Waals surface area contributed by atoms with Crippen molar-refractivity contribution in [1.29, 1.82) is 0 Å². The molecule has 1 atom stereocenters. The molecule has 9 heteroatoms. The molecule has 0 saturated carbocycles. The molecule has 0 spiro atoms. The first-order valence-corrected chi connectivity index (χ1v) is 11.2. The van der Waals surface area contributed by atoms with Gasteiger partial charge >= 0.3 is 0 Å². The summed E-state index contributed by atoms with van der Waals surface area (Å²) < 4.78 is 35.5. The van der Waals surface area contributed by atoms with Crippen LogP contribution in [0.4, 0.5) is 8.78 Å². The Labute approximate surface area is 200 Å². The van der Waals surface area contributed by atoms with E-state index in [1.807, 2.05) is 0 Å². The first kappa shape index (κ1) is 23.4. The second-order valence-corrected chi connectivity index (χ2v) is 9.00.